The molecule has 92 valence electrons. The third kappa shape index (κ3) is 1.96. The van der Waals surface area contributed by atoms with Crippen LogP contribution in [0.2, 0.25) is 0 Å². The van der Waals surface area contributed by atoms with Gasteiger partial charge in [-0.05, 0) is 37.0 Å². The van der Waals surface area contributed by atoms with Crippen LogP contribution in [0.3, 0.4) is 0 Å². The summed E-state index contributed by atoms with van der Waals surface area (Å²) in [6, 6.07) is 10.4. The van der Waals surface area contributed by atoms with Crippen molar-refractivity contribution in [3.63, 3.8) is 0 Å². The Balaban J connectivity index is 2.10. The number of amides is 1. The summed E-state index contributed by atoms with van der Waals surface area (Å²) in [4.78, 5) is 16.0. The molecular formula is C15H16N2O. The zero-order valence-electron chi connectivity index (χ0n) is 10.4. The van der Waals surface area contributed by atoms with Crippen molar-refractivity contribution in [2.24, 2.45) is 0 Å². The molecule has 3 heteroatoms. The fraction of sp³-hybridized carbons (Fsp3) is 0.333. The first-order chi connectivity index (χ1) is 8.74. The quantitative estimate of drug-likeness (QED) is 0.832. The van der Waals surface area contributed by atoms with Gasteiger partial charge in [-0.1, -0.05) is 18.2 Å². The van der Waals surface area contributed by atoms with Gasteiger partial charge < -0.3 is 5.32 Å². The molecule has 1 aromatic heterocycles. The molecule has 1 N–H and O–H groups in total. The number of para-hydroxylation sites is 1. The summed E-state index contributed by atoms with van der Waals surface area (Å²) in [6.45, 7) is 1.57. The van der Waals surface area contributed by atoms with Crippen LogP contribution in [0.15, 0.2) is 30.3 Å². The largest absolute Gasteiger partial charge is 0.349 e. The van der Waals surface area contributed by atoms with Gasteiger partial charge in [0.1, 0.15) is 0 Å². The minimum absolute atomic E-state index is 0.0287. The maximum atomic E-state index is 11.3. The molecule has 0 radical (unpaired) electrons. The Hall–Kier alpha value is -1.90. The summed E-state index contributed by atoms with van der Waals surface area (Å²) < 4.78 is 0. The first-order valence-corrected chi connectivity index (χ1v) is 6.40. The van der Waals surface area contributed by atoms with E-state index in [9.17, 15) is 4.79 Å². The molecule has 3 nitrogen and oxygen atoms in total. The summed E-state index contributed by atoms with van der Waals surface area (Å²) in [5.74, 6) is 0.0287. The number of nitrogens with one attached hydrogen (secondary N) is 1. The molecule has 0 fully saturated rings. The van der Waals surface area contributed by atoms with Crippen LogP contribution in [-0.4, -0.2) is 10.9 Å². The fourth-order valence-corrected chi connectivity index (χ4v) is 2.70. The molecule has 0 bridgehead atoms. The number of benzene rings is 1. The molecule has 1 heterocycles. The number of rotatable bonds is 1. The summed E-state index contributed by atoms with van der Waals surface area (Å²) in [6.07, 6.45) is 3.10. The Morgan fingerprint density at radius 1 is 1.39 bits per heavy atom. The third-order valence-corrected chi connectivity index (χ3v) is 3.50. The van der Waals surface area contributed by atoms with Crippen molar-refractivity contribution in [1.29, 1.82) is 0 Å². The van der Waals surface area contributed by atoms with Crippen LogP contribution in [0.25, 0.3) is 10.9 Å². The molecule has 2 aromatic rings. The molecule has 1 atom stereocenters. The van der Waals surface area contributed by atoms with Gasteiger partial charge >= 0.3 is 0 Å². The van der Waals surface area contributed by atoms with Crippen LogP contribution in [0.1, 0.15) is 37.1 Å². The van der Waals surface area contributed by atoms with Crippen molar-refractivity contribution >= 4 is 16.8 Å². The highest BCUT2D eigenvalue weighted by Crippen LogP contribution is 2.30. The van der Waals surface area contributed by atoms with E-state index in [-0.39, 0.29) is 11.9 Å². The number of hydrogen-bond acceptors (Lipinski definition) is 2. The van der Waals surface area contributed by atoms with E-state index in [1.807, 2.05) is 18.2 Å². The lowest BCUT2D eigenvalue weighted by Crippen LogP contribution is -2.29. The number of fused-ring (bicyclic) bond motifs is 2. The smallest absolute Gasteiger partial charge is 0.217 e. The van der Waals surface area contributed by atoms with Gasteiger partial charge in [0, 0.05) is 18.0 Å². The van der Waals surface area contributed by atoms with Crippen molar-refractivity contribution in [1.82, 2.24) is 10.3 Å². The van der Waals surface area contributed by atoms with Crippen molar-refractivity contribution < 1.29 is 4.79 Å². The first-order valence-electron chi connectivity index (χ1n) is 6.40. The SMILES string of the molecule is CC(=O)NC1CCCc2nc3ccccc3cc21. The Kier molecular flexibility index (Phi) is 2.74. The number of aromatic nitrogens is 1. The highest BCUT2D eigenvalue weighted by atomic mass is 16.1. The van der Waals surface area contributed by atoms with Crippen LogP contribution < -0.4 is 5.32 Å². The molecule has 1 aliphatic carbocycles. The lowest BCUT2D eigenvalue weighted by atomic mass is 9.90. The summed E-state index contributed by atoms with van der Waals surface area (Å²) >= 11 is 0. The Labute approximate surface area is 106 Å². The van der Waals surface area contributed by atoms with Crippen molar-refractivity contribution in [2.45, 2.75) is 32.2 Å². The molecule has 0 saturated carbocycles. The molecule has 1 aliphatic rings. The normalized spacial score (nSPS) is 18.4. The second kappa shape index (κ2) is 4.41. The molecule has 1 unspecified atom stereocenters. The van der Waals surface area contributed by atoms with E-state index in [1.165, 1.54) is 5.56 Å². The lowest BCUT2D eigenvalue weighted by Gasteiger charge is -2.25. The Morgan fingerprint density at radius 3 is 3.06 bits per heavy atom. The Morgan fingerprint density at radius 2 is 2.22 bits per heavy atom. The average molecular weight is 240 g/mol. The van der Waals surface area contributed by atoms with Crippen LogP contribution in [-0.2, 0) is 11.2 Å². The second-order valence-corrected chi connectivity index (χ2v) is 4.86. The van der Waals surface area contributed by atoms with Gasteiger partial charge in [0.25, 0.3) is 0 Å². The molecule has 0 spiro atoms. The van der Waals surface area contributed by atoms with Crippen LogP contribution >= 0.6 is 0 Å². The van der Waals surface area contributed by atoms with Gasteiger partial charge in [0.2, 0.25) is 5.91 Å². The number of carbonyl (C=O) groups excluding carboxylic acids is 1. The van der Waals surface area contributed by atoms with Crippen molar-refractivity contribution in [3.05, 3.63) is 41.6 Å². The standard InChI is InChI=1S/C15H16N2O/c1-10(18)16-14-7-4-8-15-12(14)9-11-5-2-3-6-13(11)17-15/h2-3,5-6,9,14H,4,7-8H2,1H3,(H,16,18). The molecule has 1 aromatic carbocycles. The van der Waals surface area contributed by atoms with E-state index in [0.29, 0.717) is 0 Å². The van der Waals surface area contributed by atoms with Crippen LogP contribution in [0.5, 0.6) is 0 Å². The summed E-state index contributed by atoms with van der Waals surface area (Å²) in [5, 5.41) is 4.17. The van der Waals surface area contributed by atoms with Gasteiger partial charge in [-0.3, -0.25) is 9.78 Å². The van der Waals surface area contributed by atoms with Gasteiger partial charge in [-0.25, -0.2) is 0 Å². The highest BCUT2D eigenvalue weighted by Gasteiger charge is 2.22. The molecular weight excluding hydrogens is 224 g/mol. The van der Waals surface area contributed by atoms with E-state index >= 15 is 0 Å². The van der Waals surface area contributed by atoms with Crippen molar-refractivity contribution in [3.8, 4) is 0 Å². The maximum Gasteiger partial charge on any atom is 0.217 e. The Bertz CT molecular complexity index is 606. The monoisotopic (exact) mass is 240 g/mol. The van der Waals surface area contributed by atoms with E-state index in [2.05, 4.69) is 17.4 Å². The first kappa shape index (κ1) is 11.2. The number of aryl methyl sites for hydroxylation is 1. The van der Waals surface area contributed by atoms with E-state index in [0.717, 1.165) is 35.9 Å². The van der Waals surface area contributed by atoms with E-state index in [1.54, 1.807) is 6.92 Å². The molecule has 1 amide bonds. The maximum absolute atomic E-state index is 11.3. The summed E-state index contributed by atoms with van der Waals surface area (Å²) in [5.41, 5.74) is 3.37. The minimum atomic E-state index is 0.0287. The molecule has 0 saturated heterocycles. The fourth-order valence-electron chi connectivity index (χ4n) is 2.70. The number of carbonyl (C=O) groups is 1. The zero-order valence-corrected chi connectivity index (χ0v) is 10.4. The minimum Gasteiger partial charge on any atom is -0.349 e. The van der Waals surface area contributed by atoms with Gasteiger partial charge in [0.15, 0.2) is 0 Å². The second-order valence-electron chi connectivity index (χ2n) is 4.86. The van der Waals surface area contributed by atoms with Crippen LogP contribution in [0, 0.1) is 0 Å². The predicted molar refractivity (Wildman–Crippen MR) is 71.2 cm³/mol. The van der Waals surface area contributed by atoms with E-state index < -0.39 is 0 Å². The van der Waals surface area contributed by atoms with Gasteiger partial charge in [-0.15, -0.1) is 0 Å². The molecule has 3 rings (SSSR count). The number of hydrogen-bond donors (Lipinski definition) is 1. The highest BCUT2D eigenvalue weighted by molar-refractivity contribution is 5.80. The third-order valence-electron chi connectivity index (χ3n) is 3.50. The number of pyridine rings is 1. The topological polar surface area (TPSA) is 42.0 Å². The van der Waals surface area contributed by atoms with Crippen LogP contribution in [0.4, 0.5) is 0 Å². The predicted octanol–water partition coefficient (Wildman–Crippen LogP) is 2.75. The van der Waals surface area contributed by atoms with Gasteiger partial charge in [-0.2, -0.15) is 0 Å². The van der Waals surface area contributed by atoms with Gasteiger partial charge in [0.05, 0.1) is 11.6 Å². The lowest BCUT2D eigenvalue weighted by molar-refractivity contribution is -0.119. The average Bonchev–Trinajstić information content (AvgIpc) is 2.36. The molecule has 0 aliphatic heterocycles. The van der Waals surface area contributed by atoms with E-state index in [4.69, 9.17) is 4.98 Å². The van der Waals surface area contributed by atoms with Crippen molar-refractivity contribution in [2.75, 3.05) is 0 Å². The molecule has 18 heavy (non-hydrogen) atoms. The zero-order chi connectivity index (χ0) is 12.5. The summed E-state index contributed by atoms with van der Waals surface area (Å²) in [7, 11) is 0. The number of nitrogens with zero attached hydrogens (tertiary/aromatic N) is 1.